The number of rotatable bonds is 6. The summed E-state index contributed by atoms with van der Waals surface area (Å²) in [5.41, 5.74) is 0. The normalized spacial score (nSPS) is 12.7. The summed E-state index contributed by atoms with van der Waals surface area (Å²) in [6.07, 6.45) is 6.12. The van der Waals surface area contributed by atoms with Crippen LogP contribution < -0.4 is 5.32 Å². The fourth-order valence-electron chi connectivity index (χ4n) is 1.22. The number of nitrogens with one attached hydrogen (secondary N) is 1. The number of allylic oxidation sites excluding steroid dienone is 1. The van der Waals surface area contributed by atoms with Crippen LogP contribution in [0.1, 0.15) is 35.7 Å². The highest BCUT2D eigenvalue weighted by molar-refractivity contribution is 7.11. The maximum Gasteiger partial charge on any atom is 0.109 e. The van der Waals surface area contributed by atoms with Crippen LogP contribution in [0.3, 0.4) is 0 Å². The van der Waals surface area contributed by atoms with Gasteiger partial charge in [0.15, 0.2) is 0 Å². The molecule has 3 heteroatoms. The van der Waals surface area contributed by atoms with Gasteiger partial charge in [0.25, 0.3) is 0 Å². The van der Waals surface area contributed by atoms with Gasteiger partial charge in [0.1, 0.15) is 5.01 Å². The topological polar surface area (TPSA) is 24.9 Å². The predicted molar refractivity (Wildman–Crippen MR) is 62.7 cm³/mol. The Kier molecular flexibility index (Phi) is 4.84. The van der Waals surface area contributed by atoms with Crippen LogP contribution in [0.4, 0.5) is 0 Å². The zero-order chi connectivity index (χ0) is 10.4. The van der Waals surface area contributed by atoms with Crippen molar-refractivity contribution in [3.05, 3.63) is 28.7 Å². The van der Waals surface area contributed by atoms with E-state index in [0.717, 1.165) is 19.4 Å². The number of nitrogens with zero attached hydrogens (tertiary/aromatic N) is 1. The first-order valence-electron chi connectivity index (χ1n) is 5.00. The van der Waals surface area contributed by atoms with Crippen LogP contribution in [-0.2, 0) is 0 Å². The summed E-state index contributed by atoms with van der Waals surface area (Å²) in [6, 6.07) is 0.374. The number of unbranched alkanes of at least 4 members (excludes halogenated alkanes) is 1. The third kappa shape index (κ3) is 3.60. The molecule has 0 aliphatic carbocycles. The van der Waals surface area contributed by atoms with Crippen LogP contribution in [0.15, 0.2) is 18.9 Å². The smallest absolute Gasteiger partial charge is 0.109 e. The van der Waals surface area contributed by atoms with E-state index in [0.29, 0.717) is 6.04 Å². The third-order valence-electron chi connectivity index (χ3n) is 2.05. The van der Waals surface area contributed by atoms with Gasteiger partial charge in [-0.3, -0.25) is 0 Å². The maximum atomic E-state index is 4.35. The van der Waals surface area contributed by atoms with Crippen molar-refractivity contribution in [2.45, 2.75) is 32.7 Å². The van der Waals surface area contributed by atoms with E-state index in [1.807, 2.05) is 12.3 Å². The van der Waals surface area contributed by atoms with Gasteiger partial charge < -0.3 is 5.32 Å². The minimum atomic E-state index is 0.374. The summed E-state index contributed by atoms with van der Waals surface area (Å²) in [4.78, 5) is 5.63. The highest BCUT2D eigenvalue weighted by atomic mass is 32.1. The van der Waals surface area contributed by atoms with Crippen LogP contribution in [0.2, 0.25) is 0 Å². The second kappa shape index (κ2) is 5.94. The van der Waals surface area contributed by atoms with Gasteiger partial charge in [-0.25, -0.2) is 4.98 Å². The second-order valence-electron chi connectivity index (χ2n) is 3.42. The van der Waals surface area contributed by atoms with Gasteiger partial charge in [-0.05, 0) is 33.2 Å². The summed E-state index contributed by atoms with van der Waals surface area (Å²) in [5.74, 6) is 0. The molecule has 0 aliphatic heterocycles. The predicted octanol–water partition coefficient (Wildman–Crippen LogP) is 3.07. The zero-order valence-electron chi connectivity index (χ0n) is 8.92. The van der Waals surface area contributed by atoms with Crippen molar-refractivity contribution >= 4 is 11.3 Å². The number of hydrogen-bond acceptors (Lipinski definition) is 3. The monoisotopic (exact) mass is 210 g/mol. The van der Waals surface area contributed by atoms with Crippen LogP contribution in [0.5, 0.6) is 0 Å². The summed E-state index contributed by atoms with van der Waals surface area (Å²) in [5, 5.41) is 4.63. The van der Waals surface area contributed by atoms with E-state index in [9.17, 15) is 0 Å². The summed E-state index contributed by atoms with van der Waals surface area (Å²) in [6.45, 7) is 8.98. The molecule has 0 fully saturated rings. The molecule has 1 aromatic rings. The first-order chi connectivity index (χ1) is 6.74. The lowest BCUT2D eigenvalue weighted by atomic mass is 10.3. The molecule has 1 atom stereocenters. The molecule has 1 aromatic heterocycles. The van der Waals surface area contributed by atoms with E-state index < -0.39 is 0 Å². The molecule has 0 spiro atoms. The van der Waals surface area contributed by atoms with Gasteiger partial charge in [0.2, 0.25) is 0 Å². The molecule has 1 heterocycles. The molecule has 1 N–H and O–H groups in total. The minimum Gasteiger partial charge on any atom is -0.308 e. The van der Waals surface area contributed by atoms with Crippen molar-refractivity contribution in [1.29, 1.82) is 0 Å². The quantitative estimate of drug-likeness (QED) is 0.576. The van der Waals surface area contributed by atoms with Crippen molar-refractivity contribution in [2.24, 2.45) is 0 Å². The Morgan fingerprint density at radius 1 is 1.71 bits per heavy atom. The Balaban J connectivity index is 2.28. The van der Waals surface area contributed by atoms with E-state index in [2.05, 4.69) is 30.7 Å². The van der Waals surface area contributed by atoms with E-state index in [-0.39, 0.29) is 0 Å². The van der Waals surface area contributed by atoms with Crippen LogP contribution in [0, 0.1) is 6.92 Å². The molecule has 0 saturated heterocycles. The number of hydrogen-bond donors (Lipinski definition) is 1. The van der Waals surface area contributed by atoms with E-state index in [4.69, 9.17) is 0 Å². The first-order valence-corrected chi connectivity index (χ1v) is 5.82. The molecule has 0 amide bonds. The van der Waals surface area contributed by atoms with Gasteiger partial charge in [0.05, 0.1) is 6.04 Å². The lowest BCUT2D eigenvalue weighted by Crippen LogP contribution is -2.19. The fraction of sp³-hybridized carbons (Fsp3) is 0.545. The SMILES string of the molecule is C=CCCCNC(C)c1ncc(C)s1. The minimum absolute atomic E-state index is 0.374. The Bertz CT molecular complexity index is 281. The Morgan fingerprint density at radius 2 is 2.50 bits per heavy atom. The lowest BCUT2D eigenvalue weighted by Gasteiger charge is -2.09. The molecule has 78 valence electrons. The first kappa shape index (κ1) is 11.4. The number of aryl methyl sites for hydroxylation is 1. The van der Waals surface area contributed by atoms with Gasteiger partial charge in [0, 0.05) is 11.1 Å². The highest BCUT2D eigenvalue weighted by Crippen LogP contribution is 2.18. The Hall–Kier alpha value is -0.670. The number of thiazole rings is 1. The molecule has 0 bridgehead atoms. The van der Waals surface area contributed by atoms with Crippen LogP contribution in [0.25, 0.3) is 0 Å². The van der Waals surface area contributed by atoms with Crippen molar-refractivity contribution < 1.29 is 0 Å². The summed E-state index contributed by atoms with van der Waals surface area (Å²) >= 11 is 1.77. The van der Waals surface area contributed by atoms with Crippen molar-refractivity contribution in [3.8, 4) is 0 Å². The summed E-state index contributed by atoms with van der Waals surface area (Å²) < 4.78 is 0. The molecule has 0 saturated carbocycles. The van der Waals surface area contributed by atoms with Crippen molar-refractivity contribution in [2.75, 3.05) is 6.54 Å². The molecule has 2 nitrogen and oxygen atoms in total. The molecule has 0 radical (unpaired) electrons. The second-order valence-corrected chi connectivity index (χ2v) is 4.68. The van der Waals surface area contributed by atoms with Gasteiger partial charge in [-0.15, -0.1) is 17.9 Å². The largest absolute Gasteiger partial charge is 0.308 e. The molecular formula is C11H18N2S. The van der Waals surface area contributed by atoms with Gasteiger partial charge in [-0.1, -0.05) is 6.08 Å². The van der Waals surface area contributed by atoms with Crippen LogP contribution >= 0.6 is 11.3 Å². The van der Waals surface area contributed by atoms with Gasteiger partial charge >= 0.3 is 0 Å². The molecular weight excluding hydrogens is 192 g/mol. The van der Waals surface area contributed by atoms with Crippen LogP contribution in [-0.4, -0.2) is 11.5 Å². The van der Waals surface area contributed by atoms with Crippen molar-refractivity contribution in [1.82, 2.24) is 10.3 Å². The van der Waals surface area contributed by atoms with Crippen molar-refractivity contribution in [3.63, 3.8) is 0 Å². The van der Waals surface area contributed by atoms with E-state index in [1.165, 1.54) is 9.88 Å². The van der Waals surface area contributed by atoms with E-state index >= 15 is 0 Å². The molecule has 0 aliphatic rings. The highest BCUT2D eigenvalue weighted by Gasteiger charge is 2.07. The zero-order valence-corrected chi connectivity index (χ0v) is 9.73. The van der Waals surface area contributed by atoms with E-state index in [1.54, 1.807) is 11.3 Å². The Labute approximate surface area is 90.1 Å². The lowest BCUT2D eigenvalue weighted by molar-refractivity contribution is 0.558. The Morgan fingerprint density at radius 3 is 3.07 bits per heavy atom. The molecule has 14 heavy (non-hydrogen) atoms. The number of aromatic nitrogens is 1. The molecule has 0 aromatic carbocycles. The molecule has 1 rings (SSSR count). The average molecular weight is 210 g/mol. The maximum absolute atomic E-state index is 4.35. The molecule has 1 unspecified atom stereocenters. The van der Waals surface area contributed by atoms with Gasteiger partial charge in [-0.2, -0.15) is 0 Å². The third-order valence-corrected chi connectivity index (χ3v) is 3.14. The summed E-state index contributed by atoms with van der Waals surface area (Å²) in [7, 11) is 0. The fourth-order valence-corrected chi connectivity index (χ4v) is 2.03. The average Bonchev–Trinajstić information content (AvgIpc) is 2.59. The standard InChI is InChI=1S/C11H18N2S/c1-4-5-6-7-12-10(3)11-13-8-9(2)14-11/h4,8,10,12H,1,5-7H2,2-3H3.